The molecule has 10 N–H and O–H groups in total. The number of carbonyl (C=O) groups excluding carboxylic acids is 8. The summed E-state index contributed by atoms with van der Waals surface area (Å²) < 4.78 is 11.6. The molecule has 21 heteroatoms. The van der Waals surface area contributed by atoms with E-state index in [0.717, 1.165) is 82.9 Å². The highest BCUT2D eigenvalue weighted by atomic mass is 32.2. The molecule has 0 aliphatic rings. The lowest BCUT2D eigenvalue weighted by atomic mass is 10.0. The molecule has 20 nitrogen and oxygen atoms in total. The Morgan fingerprint density at radius 3 is 1.07 bits per heavy atom. The number of aliphatic hydroxyl groups is 2. The van der Waals surface area contributed by atoms with Crippen LogP contribution in [-0.4, -0.2) is 136 Å². The minimum atomic E-state index is -1.79. The number of hydrogen-bond acceptors (Lipinski definition) is 14. The van der Waals surface area contributed by atoms with Crippen molar-refractivity contribution in [3.05, 3.63) is 0 Å². The molecule has 0 saturated carbocycles. The number of rotatable bonds is 63. The fraction of sp³-hybridized carbons (Fsp3) is 0.866. The molecular weight excluding hydrogens is 1140 g/mol. The maximum atomic E-state index is 14.1. The highest BCUT2D eigenvalue weighted by molar-refractivity contribution is 7.99. The number of aliphatic hydroxyl groups excluding tert-OH is 2. The number of esters is 2. The van der Waals surface area contributed by atoms with Crippen molar-refractivity contribution in [2.75, 3.05) is 31.3 Å². The third-order valence-electron chi connectivity index (χ3n) is 15.8. The number of ether oxygens (including phenoxy) is 2. The minimum absolute atomic E-state index is 0.0794. The van der Waals surface area contributed by atoms with E-state index in [2.05, 4.69) is 47.4 Å². The van der Waals surface area contributed by atoms with Crippen LogP contribution in [0, 0.1) is 0 Å². The van der Waals surface area contributed by atoms with Crippen LogP contribution in [0.25, 0.3) is 0 Å². The van der Waals surface area contributed by atoms with Gasteiger partial charge >= 0.3 is 17.9 Å². The second-order valence-electron chi connectivity index (χ2n) is 24.2. The van der Waals surface area contributed by atoms with Gasteiger partial charge in [-0.15, -0.1) is 0 Å². The molecule has 0 aromatic heterocycles. The van der Waals surface area contributed by atoms with E-state index >= 15 is 0 Å². The van der Waals surface area contributed by atoms with Gasteiger partial charge in [0, 0.05) is 30.8 Å². The molecule has 0 aliphatic heterocycles. The Balaban J connectivity index is 6.01. The number of carboxylic acids is 1. The SMILES string of the molecule is CCCCCCCCCCCCCCCC(=O)N[C@@H](CSC[C@H](COC(=O)CCCCCCCCCCCCCCC)OC(=O)CCCCCCCCCCCCCCC)C(=O)N[C@@H](CO)C(=O)N[C@@H](CO)C(=O)N[C@@H](CC(N)=O)C(=O)N[C@@H](C)C(=O)O. The van der Waals surface area contributed by atoms with Gasteiger partial charge in [0.05, 0.1) is 19.6 Å². The Morgan fingerprint density at radius 2 is 0.716 bits per heavy atom. The molecule has 0 aromatic rings. The summed E-state index contributed by atoms with van der Waals surface area (Å²) >= 11 is 1.15. The van der Waals surface area contributed by atoms with Crippen molar-refractivity contribution in [1.82, 2.24) is 26.6 Å². The first kappa shape index (κ1) is 83.5. The maximum absolute atomic E-state index is 14.1. The van der Waals surface area contributed by atoms with Crippen LogP contribution in [0.3, 0.4) is 0 Å². The monoisotopic (exact) mass is 1270 g/mol. The first-order chi connectivity index (χ1) is 42.5. The van der Waals surface area contributed by atoms with Crippen LogP contribution in [0.5, 0.6) is 0 Å². The second kappa shape index (κ2) is 58.8. The summed E-state index contributed by atoms with van der Waals surface area (Å²) in [7, 11) is 0. The van der Waals surface area contributed by atoms with Gasteiger partial charge in [-0.05, 0) is 26.2 Å². The van der Waals surface area contributed by atoms with Crippen LogP contribution < -0.4 is 32.3 Å². The van der Waals surface area contributed by atoms with Crippen molar-refractivity contribution in [2.24, 2.45) is 5.73 Å². The summed E-state index contributed by atoms with van der Waals surface area (Å²) in [5.74, 6) is -8.00. The first-order valence-corrected chi connectivity index (χ1v) is 35.8. The van der Waals surface area contributed by atoms with E-state index < -0.39 is 109 Å². The molecule has 512 valence electrons. The van der Waals surface area contributed by atoms with Gasteiger partial charge in [-0.3, -0.25) is 43.2 Å². The molecule has 0 spiro atoms. The molecule has 0 radical (unpaired) electrons. The van der Waals surface area contributed by atoms with Gasteiger partial charge in [-0.25, -0.2) is 0 Å². The zero-order valence-electron chi connectivity index (χ0n) is 55.2. The van der Waals surface area contributed by atoms with Crippen LogP contribution in [0.1, 0.15) is 304 Å². The topological polar surface area (TPSA) is 319 Å². The van der Waals surface area contributed by atoms with E-state index in [1.807, 2.05) is 0 Å². The normalized spacial score (nSPS) is 13.3. The Labute approximate surface area is 534 Å². The third kappa shape index (κ3) is 49.3. The van der Waals surface area contributed by atoms with Crippen molar-refractivity contribution in [3.8, 4) is 0 Å². The maximum Gasteiger partial charge on any atom is 0.325 e. The van der Waals surface area contributed by atoms with E-state index in [1.54, 1.807) is 0 Å². The molecule has 0 aliphatic carbocycles. The van der Waals surface area contributed by atoms with Crippen LogP contribution in [-0.2, 0) is 52.6 Å². The lowest BCUT2D eigenvalue weighted by molar-refractivity contribution is -0.157. The highest BCUT2D eigenvalue weighted by Crippen LogP contribution is 2.18. The number of carboxylic acid groups (broad SMARTS) is 1. The average molecular weight is 1270 g/mol. The zero-order valence-corrected chi connectivity index (χ0v) is 56.0. The lowest BCUT2D eigenvalue weighted by Crippen LogP contribution is -2.60. The Morgan fingerprint density at radius 1 is 0.398 bits per heavy atom. The van der Waals surface area contributed by atoms with Gasteiger partial charge in [0.1, 0.15) is 42.9 Å². The summed E-state index contributed by atoms with van der Waals surface area (Å²) in [6.45, 7) is 5.57. The van der Waals surface area contributed by atoms with Gasteiger partial charge < -0.3 is 57.1 Å². The Bertz CT molecular complexity index is 1850. The largest absolute Gasteiger partial charge is 0.480 e. The van der Waals surface area contributed by atoms with Crippen LogP contribution in [0.2, 0.25) is 0 Å². The Kier molecular flexibility index (Phi) is 55.8. The molecule has 0 unspecified atom stereocenters. The predicted octanol–water partition coefficient (Wildman–Crippen LogP) is 11.0. The van der Waals surface area contributed by atoms with E-state index in [0.29, 0.717) is 19.3 Å². The number of nitrogens with one attached hydrogen (secondary N) is 5. The zero-order chi connectivity index (χ0) is 65.3. The molecule has 88 heavy (non-hydrogen) atoms. The summed E-state index contributed by atoms with van der Waals surface area (Å²) in [4.78, 5) is 117. The second-order valence-corrected chi connectivity index (χ2v) is 25.3. The number of hydrogen-bond donors (Lipinski definition) is 9. The van der Waals surface area contributed by atoms with Gasteiger partial charge in [0.15, 0.2) is 0 Å². The molecule has 6 amide bonds. The number of aliphatic carboxylic acids is 1. The number of nitrogens with two attached hydrogens (primary N) is 1. The summed E-state index contributed by atoms with van der Waals surface area (Å²) in [5.41, 5.74) is 5.26. The van der Waals surface area contributed by atoms with Gasteiger partial charge in [0.2, 0.25) is 35.4 Å². The number of primary amides is 1. The summed E-state index contributed by atoms with van der Waals surface area (Å²) in [5, 5.41) is 41.4. The van der Waals surface area contributed by atoms with E-state index in [1.165, 1.54) is 167 Å². The number of thioether (sulfide) groups is 1. The smallest absolute Gasteiger partial charge is 0.325 e. The van der Waals surface area contributed by atoms with Crippen LogP contribution in [0.4, 0.5) is 0 Å². The van der Waals surface area contributed by atoms with E-state index in [-0.39, 0.29) is 37.4 Å². The van der Waals surface area contributed by atoms with Crippen molar-refractivity contribution in [2.45, 2.75) is 340 Å². The molecule has 0 saturated heterocycles. The fourth-order valence-electron chi connectivity index (χ4n) is 10.3. The highest BCUT2D eigenvalue weighted by Gasteiger charge is 2.33. The molecule has 6 atom stereocenters. The number of amides is 6. The van der Waals surface area contributed by atoms with E-state index in [9.17, 15) is 58.5 Å². The first-order valence-electron chi connectivity index (χ1n) is 34.7. The average Bonchev–Trinajstić information content (AvgIpc) is 2.79. The molecule has 0 aromatic carbocycles. The van der Waals surface area contributed by atoms with Gasteiger partial charge in [0.25, 0.3) is 0 Å². The van der Waals surface area contributed by atoms with E-state index in [4.69, 9.17) is 15.2 Å². The fourth-order valence-corrected chi connectivity index (χ4v) is 11.3. The number of carbonyl (C=O) groups is 9. The molecule has 0 bridgehead atoms. The quantitative estimate of drug-likeness (QED) is 0.0202. The molecule has 0 rings (SSSR count). The van der Waals surface area contributed by atoms with Gasteiger partial charge in [-0.1, -0.05) is 252 Å². The molecular formula is C67H124N6O14S. The van der Waals surface area contributed by atoms with Crippen molar-refractivity contribution in [1.29, 1.82) is 0 Å². The van der Waals surface area contributed by atoms with Gasteiger partial charge in [-0.2, -0.15) is 11.8 Å². The predicted molar refractivity (Wildman–Crippen MR) is 350 cm³/mol. The standard InChI is InChI=1S/C67H124N6O14S/c1-5-8-11-14-17-20-23-26-29-32-35-38-41-44-60(77)70-58(66(83)73-57(49-75)65(82)72-56(48-74)64(81)71-55(47-59(68)76)63(80)69-53(4)67(84)85)52-88-51-54(87-62(79)46-43-40-37-34-31-28-25-22-19-16-13-10-7-3)50-86-61(78)45-42-39-36-33-30-27-24-21-18-15-12-9-6-2/h53-58,74-75H,5-52H2,1-4H3,(H2,68,76)(H,69,80)(H,70,77)(H,71,81)(H,72,82)(H,73,83)(H,84,85)/t53-,54-,55-,56-,57-,58-/m0/s1. The molecule has 0 heterocycles. The van der Waals surface area contributed by atoms with Crippen molar-refractivity contribution < 1.29 is 67.9 Å². The lowest BCUT2D eigenvalue weighted by Gasteiger charge is -2.25. The third-order valence-corrected chi connectivity index (χ3v) is 17.0. The summed E-state index contributed by atoms with van der Waals surface area (Å²) in [6.07, 6.45) is 43.7. The number of unbranched alkanes of at least 4 members (excludes halogenated alkanes) is 36. The van der Waals surface area contributed by atoms with Crippen LogP contribution >= 0.6 is 11.8 Å². The minimum Gasteiger partial charge on any atom is -0.480 e. The van der Waals surface area contributed by atoms with Crippen LogP contribution in [0.15, 0.2) is 0 Å². The molecule has 0 fully saturated rings. The summed E-state index contributed by atoms with van der Waals surface area (Å²) in [6, 6.07) is -7.92. The Hall–Kier alpha value is -4.50. The van der Waals surface area contributed by atoms with Crippen molar-refractivity contribution in [3.63, 3.8) is 0 Å². The van der Waals surface area contributed by atoms with Crippen molar-refractivity contribution >= 4 is 65.1 Å².